The van der Waals surface area contributed by atoms with Crippen LogP contribution in [0, 0.1) is 0 Å². The highest BCUT2D eigenvalue weighted by Crippen LogP contribution is 2.31. The summed E-state index contributed by atoms with van der Waals surface area (Å²) >= 11 is 0. The van der Waals surface area contributed by atoms with Crippen LogP contribution in [0.5, 0.6) is 0 Å². The van der Waals surface area contributed by atoms with Crippen LogP contribution in [0.3, 0.4) is 0 Å². The lowest BCUT2D eigenvalue weighted by molar-refractivity contribution is 0.0972. The van der Waals surface area contributed by atoms with Gasteiger partial charge in [0.1, 0.15) is 0 Å². The molecule has 18 heavy (non-hydrogen) atoms. The maximum absolute atomic E-state index is 11.1. The molecule has 1 aromatic carbocycles. The predicted octanol–water partition coefficient (Wildman–Crippen LogP) is 2.54. The van der Waals surface area contributed by atoms with Crippen molar-refractivity contribution in [1.29, 1.82) is 0 Å². The molecule has 2 aromatic rings. The molecule has 0 saturated heterocycles. The van der Waals surface area contributed by atoms with Crippen LogP contribution in [0.4, 0.5) is 0 Å². The topological polar surface area (TPSA) is 56.0 Å². The SMILES string of the molecule is CC(=O)c1nc(C2CCc3ccccc3C2)no1. The average molecular weight is 242 g/mol. The number of nitrogens with zero attached hydrogens (tertiary/aromatic N) is 2. The van der Waals surface area contributed by atoms with Crippen molar-refractivity contribution >= 4 is 5.78 Å². The van der Waals surface area contributed by atoms with Crippen molar-refractivity contribution in [2.24, 2.45) is 0 Å². The molecule has 0 saturated carbocycles. The van der Waals surface area contributed by atoms with Gasteiger partial charge in [0.25, 0.3) is 5.89 Å². The molecule has 1 aliphatic carbocycles. The van der Waals surface area contributed by atoms with Crippen molar-refractivity contribution in [1.82, 2.24) is 10.1 Å². The first-order chi connectivity index (χ1) is 8.74. The Morgan fingerprint density at radius 2 is 2.11 bits per heavy atom. The van der Waals surface area contributed by atoms with Crippen molar-refractivity contribution in [3.8, 4) is 0 Å². The number of hydrogen-bond donors (Lipinski definition) is 0. The van der Waals surface area contributed by atoms with Crippen molar-refractivity contribution in [2.75, 3.05) is 0 Å². The number of hydrogen-bond acceptors (Lipinski definition) is 4. The zero-order valence-corrected chi connectivity index (χ0v) is 10.2. The number of aryl methyl sites for hydroxylation is 1. The monoisotopic (exact) mass is 242 g/mol. The van der Waals surface area contributed by atoms with Gasteiger partial charge >= 0.3 is 0 Å². The van der Waals surface area contributed by atoms with Gasteiger partial charge in [-0.05, 0) is 30.4 Å². The van der Waals surface area contributed by atoms with E-state index in [1.807, 2.05) is 0 Å². The van der Waals surface area contributed by atoms with Gasteiger partial charge in [0.15, 0.2) is 5.82 Å². The normalized spacial score (nSPS) is 18.4. The Morgan fingerprint density at radius 3 is 2.83 bits per heavy atom. The molecule has 0 aliphatic heterocycles. The van der Waals surface area contributed by atoms with Gasteiger partial charge in [-0.15, -0.1) is 0 Å². The van der Waals surface area contributed by atoms with Gasteiger partial charge < -0.3 is 4.52 Å². The number of ketones is 1. The zero-order valence-electron chi connectivity index (χ0n) is 10.2. The standard InChI is InChI=1S/C14H14N2O2/c1-9(17)14-15-13(16-18-14)12-7-6-10-4-2-3-5-11(10)8-12/h2-5,12H,6-8H2,1H3. The molecule has 4 nitrogen and oxygen atoms in total. The van der Waals surface area contributed by atoms with Crippen molar-refractivity contribution in [2.45, 2.75) is 32.1 Å². The van der Waals surface area contributed by atoms with E-state index in [-0.39, 0.29) is 17.6 Å². The number of aromatic nitrogens is 2. The van der Waals surface area contributed by atoms with E-state index in [9.17, 15) is 4.79 Å². The third-order valence-corrected chi connectivity index (χ3v) is 3.45. The lowest BCUT2D eigenvalue weighted by Crippen LogP contribution is -2.14. The van der Waals surface area contributed by atoms with Gasteiger partial charge in [-0.1, -0.05) is 29.4 Å². The van der Waals surface area contributed by atoms with E-state index >= 15 is 0 Å². The van der Waals surface area contributed by atoms with E-state index in [1.54, 1.807) is 0 Å². The fraction of sp³-hybridized carbons (Fsp3) is 0.357. The third-order valence-electron chi connectivity index (χ3n) is 3.45. The summed E-state index contributed by atoms with van der Waals surface area (Å²) in [4.78, 5) is 15.3. The van der Waals surface area contributed by atoms with Crippen LogP contribution in [0.1, 0.15) is 46.9 Å². The van der Waals surface area contributed by atoms with Crippen molar-refractivity contribution in [3.05, 3.63) is 47.1 Å². The molecule has 0 spiro atoms. The molecule has 1 aromatic heterocycles. The Kier molecular flexibility index (Phi) is 2.70. The minimum atomic E-state index is -0.176. The summed E-state index contributed by atoms with van der Waals surface area (Å²) in [5.74, 6) is 0.861. The van der Waals surface area contributed by atoms with Gasteiger partial charge in [-0.2, -0.15) is 4.98 Å². The molecule has 0 amide bonds. The quantitative estimate of drug-likeness (QED) is 0.759. The van der Waals surface area contributed by atoms with Gasteiger partial charge in [0.05, 0.1) is 0 Å². The van der Waals surface area contributed by atoms with E-state index in [2.05, 4.69) is 34.4 Å². The highest BCUT2D eigenvalue weighted by Gasteiger charge is 2.24. The van der Waals surface area contributed by atoms with Crippen LogP contribution < -0.4 is 0 Å². The summed E-state index contributed by atoms with van der Waals surface area (Å²) < 4.78 is 4.96. The maximum atomic E-state index is 11.1. The van der Waals surface area contributed by atoms with Crippen LogP contribution in [-0.4, -0.2) is 15.9 Å². The molecule has 0 bridgehead atoms. The minimum absolute atomic E-state index is 0.115. The molecule has 0 fully saturated rings. The van der Waals surface area contributed by atoms with Crippen LogP contribution in [0.25, 0.3) is 0 Å². The number of fused-ring (bicyclic) bond motifs is 1. The summed E-state index contributed by atoms with van der Waals surface area (Å²) in [5.41, 5.74) is 2.76. The zero-order chi connectivity index (χ0) is 12.5. The highest BCUT2D eigenvalue weighted by molar-refractivity contribution is 5.89. The Bertz CT molecular complexity index is 589. The molecule has 1 heterocycles. The highest BCUT2D eigenvalue weighted by atomic mass is 16.5. The fourth-order valence-electron chi connectivity index (χ4n) is 2.46. The molecule has 0 radical (unpaired) electrons. The van der Waals surface area contributed by atoms with Crippen molar-refractivity contribution in [3.63, 3.8) is 0 Å². The number of carbonyl (C=O) groups excluding carboxylic acids is 1. The van der Waals surface area contributed by atoms with Crippen LogP contribution in [0.2, 0.25) is 0 Å². The molecule has 1 aliphatic rings. The molecular weight excluding hydrogens is 228 g/mol. The minimum Gasteiger partial charge on any atom is -0.331 e. The van der Waals surface area contributed by atoms with E-state index < -0.39 is 0 Å². The van der Waals surface area contributed by atoms with Gasteiger partial charge in [-0.25, -0.2) is 0 Å². The van der Waals surface area contributed by atoms with E-state index in [0.29, 0.717) is 5.82 Å². The second kappa shape index (κ2) is 4.37. The number of benzene rings is 1. The number of Topliss-reactive ketones (excluding diaryl/α,β-unsaturated/α-hetero) is 1. The van der Waals surface area contributed by atoms with Gasteiger partial charge in [0, 0.05) is 12.8 Å². The first kappa shape index (κ1) is 11.1. The second-order valence-corrected chi connectivity index (χ2v) is 4.72. The first-order valence-corrected chi connectivity index (χ1v) is 6.15. The lowest BCUT2D eigenvalue weighted by atomic mass is 9.83. The Balaban J connectivity index is 1.85. The van der Waals surface area contributed by atoms with Gasteiger partial charge in [0.2, 0.25) is 5.78 Å². The summed E-state index contributed by atoms with van der Waals surface area (Å²) in [6, 6.07) is 8.44. The molecule has 4 heteroatoms. The number of carbonyl (C=O) groups is 1. The average Bonchev–Trinajstić information content (AvgIpc) is 2.88. The summed E-state index contributed by atoms with van der Waals surface area (Å²) in [6.45, 7) is 1.44. The Labute approximate surface area is 105 Å². The summed E-state index contributed by atoms with van der Waals surface area (Å²) in [7, 11) is 0. The molecule has 3 rings (SSSR count). The van der Waals surface area contributed by atoms with Crippen molar-refractivity contribution < 1.29 is 9.32 Å². The van der Waals surface area contributed by atoms with Crippen LogP contribution >= 0.6 is 0 Å². The van der Waals surface area contributed by atoms with Crippen LogP contribution in [-0.2, 0) is 12.8 Å². The predicted molar refractivity (Wildman–Crippen MR) is 65.5 cm³/mol. The van der Waals surface area contributed by atoms with Gasteiger partial charge in [-0.3, -0.25) is 4.79 Å². The van der Waals surface area contributed by atoms with E-state index in [0.717, 1.165) is 19.3 Å². The lowest BCUT2D eigenvalue weighted by Gasteiger charge is -2.21. The molecular formula is C14H14N2O2. The molecule has 0 N–H and O–H groups in total. The summed E-state index contributed by atoms with van der Waals surface area (Å²) in [5, 5.41) is 3.93. The second-order valence-electron chi connectivity index (χ2n) is 4.72. The molecule has 1 atom stereocenters. The van der Waals surface area contributed by atoms with E-state index in [4.69, 9.17) is 4.52 Å². The Morgan fingerprint density at radius 1 is 1.33 bits per heavy atom. The molecule has 1 unspecified atom stereocenters. The number of rotatable bonds is 2. The Hall–Kier alpha value is -1.97. The smallest absolute Gasteiger partial charge is 0.293 e. The fourth-order valence-corrected chi connectivity index (χ4v) is 2.46. The molecule has 92 valence electrons. The van der Waals surface area contributed by atoms with E-state index in [1.165, 1.54) is 18.1 Å². The maximum Gasteiger partial charge on any atom is 0.293 e. The third kappa shape index (κ3) is 1.94. The summed E-state index contributed by atoms with van der Waals surface area (Å²) in [6.07, 6.45) is 2.96. The largest absolute Gasteiger partial charge is 0.331 e. The first-order valence-electron chi connectivity index (χ1n) is 6.15. The van der Waals surface area contributed by atoms with Crippen LogP contribution in [0.15, 0.2) is 28.8 Å².